The average Bonchev–Trinajstić information content (AvgIpc) is 2.70. The van der Waals surface area contributed by atoms with Crippen LogP contribution in [0, 0.1) is 26.7 Å². The Morgan fingerprint density at radius 1 is 1.24 bits per heavy atom. The molecule has 1 aromatic carbocycles. The van der Waals surface area contributed by atoms with E-state index in [0.717, 1.165) is 18.2 Å². The monoisotopic (exact) mass is 233 g/mol. The van der Waals surface area contributed by atoms with E-state index in [-0.39, 0.29) is 0 Å². The minimum atomic E-state index is 0.523. The van der Waals surface area contributed by atoms with E-state index in [2.05, 4.69) is 39.1 Å². The van der Waals surface area contributed by atoms with Gasteiger partial charge in [-0.1, -0.05) is 6.92 Å². The number of hydrogen-bond acceptors (Lipinski definition) is 2. The van der Waals surface area contributed by atoms with E-state index >= 15 is 0 Å². The first-order valence-corrected chi connectivity index (χ1v) is 6.42. The molecule has 1 aliphatic rings. The molecule has 0 aromatic heterocycles. The molecule has 1 saturated heterocycles. The van der Waals surface area contributed by atoms with Crippen LogP contribution in [-0.4, -0.2) is 13.7 Å². The lowest BCUT2D eigenvalue weighted by atomic mass is 9.90. The zero-order chi connectivity index (χ0) is 12.6. The number of rotatable bonds is 2. The zero-order valence-corrected chi connectivity index (χ0v) is 11.6. The van der Waals surface area contributed by atoms with Crippen LogP contribution >= 0.6 is 0 Å². The van der Waals surface area contributed by atoms with Crippen molar-refractivity contribution in [2.75, 3.05) is 13.7 Å². The molecule has 0 bridgehead atoms. The normalized spacial score (nSPS) is 24.1. The summed E-state index contributed by atoms with van der Waals surface area (Å²) in [6.45, 7) is 10.00. The van der Waals surface area contributed by atoms with E-state index in [4.69, 9.17) is 4.74 Å². The molecule has 2 heteroatoms. The zero-order valence-electron chi connectivity index (χ0n) is 11.6. The molecule has 1 aliphatic heterocycles. The summed E-state index contributed by atoms with van der Waals surface area (Å²) in [5.41, 5.74) is 5.48. The highest BCUT2D eigenvalue weighted by Gasteiger charge is 2.25. The number of hydrogen-bond donors (Lipinski definition) is 1. The van der Waals surface area contributed by atoms with E-state index in [1.54, 1.807) is 7.11 Å². The van der Waals surface area contributed by atoms with Gasteiger partial charge in [0.05, 0.1) is 7.11 Å². The van der Waals surface area contributed by atoms with Crippen LogP contribution in [0.25, 0.3) is 0 Å². The van der Waals surface area contributed by atoms with Crippen LogP contribution in [0.1, 0.15) is 41.6 Å². The third kappa shape index (κ3) is 2.19. The van der Waals surface area contributed by atoms with Crippen molar-refractivity contribution in [3.05, 3.63) is 28.3 Å². The maximum atomic E-state index is 5.42. The van der Waals surface area contributed by atoms with Crippen molar-refractivity contribution in [1.82, 2.24) is 5.32 Å². The largest absolute Gasteiger partial charge is 0.496 e. The van der Waals surface area contributed by atoms with Crippen LogP contribution in [0.15, 0.2) is 6.07 Å². The van der Waals surface area contributed by atoms with Crippen LogP contribution in [-0.2, 0) is 0 Å². The van der Waals surface area contributed by atoms with E-state index in [9.17, 15) is 0 Å². The molecule has 0 amide bonds. The Morgan fingerprint density at radius 2 is 1.94 bits per heavy atom. The van der Waals surface area contributed by atoms with Gasteiger partial charge in [0, 0.05) is 6.04 Å². The molecule has 0 spiro atoms. The fourth-order valence-corrected chi connectivity index (χ4v) is 2.95. The number of aryl methyl sites for hydroxylation is 1. The van der Waals surface area contributed by atoms with E-state index in [0.29, 0.717) is 6.04 Å². The van der Waals surface area contributed by atoms with Gasteiger partial charge in [-0.25, -0.2) is 0 Å². The Bertz CT molecular complexity index is 425. The Hall–Kier alpha value is -1.02. The Morgan fingerprint density at radius 3 is 2.47 bits per heavy atom. The van der Waals surface area contributed by atoms with Gasteiger partial charge in [-0.15, -0.1) is 0 Å². The summed E-state index contributed by atoms with van der Waals surface area (Å²) in [5.74, 6) is 1.79. The van der Waals surface area contributed by atoms with Crippen LogP contribution in [0.5, 0.6) is 5.75 Å². The van der Waals surface area contributed by atoms with Crippen molar-refractivity contribution in [2.45, 2.75) is 40.2 Å². The average molecular weight is 233 g/mol. The molecule has 17 heavy (non-hydrogen) atoms. The van der Waals surface area contributed by atoms with Gasteiger partial charge >= 0.3 is 0 Å². The highest BCUT2D eigenvalue weighted by Crippen LogP contribution is 2.35. The summed E-state index contributed by atoms with van der Waals surface area (Å²) in [4.78, 5) is 0. The standard InChI is InChI=1S/C15H23NO/c1-9-6-13(16-8-9)15-10(2)7-14(17-5)11(3)12(15)4/h7,9,13,16H,6,8H2,1-5H3/t9-,13+/m0/s1. The molecule has 2 atom stereocenters. The van der Waals surface area contributed by atoms with Gasteiger partial charge < -0.3 is 10.1 Å². The lowest BCUT2D eigenvalue weighted by Gasteiger charge is -2.21. The van der Waals surface area contributed by atoms with Gasteiger partial charge in [0.2, 0.25) is 0 Å². The lowest BCUT2D eigenvalue weighted by Crippen LogP contribution is -2.16. The predicted molar refractivity (Wildman–Crippen MR) is 71.7 cm³/mol. The molecule has 1 aromatic rings. The second-order valence-corrected chi connectivity index (χ2v) is 5.36. The second kappa shape index (κ2) is 4.69. The van der Waals surface area contributed by atoms with Crippen LogP contribution in [0.4, 0.5) is 0 Å². The maximum absolute atomic E-state index is 5.42. The van der Waals surface area contributed by atoms with Gasteiger partial charge in [0.15, 0.2) is 0 Å². The third-order valence-corrected chi connectivity index (χ3v) is 4.03. The van der Waals surface area contributed by atoms with Crippen molar-refractivity contribution in [2.24, 2.45) is 5.92 Å². The minimum Gasteiger partial charge on any atom is -0.496 e. The van der Waals surface area contributed by atoms with Gasteiger partial charge in [0.1, 0.15) is 5.75 Å². The third-order valence-electron chi connectivity index (χ3n) is 4.03. The molecule has 0 unspecified atom stereocenters. The van der Waals surface area contributed by atoms with E-state index < -0.39 is 0 Å². The molecule has 0 radical (unpaired) electrons. The summed E-state index contributed by atoms with van der Waals surface area (Å²) < 4.78 is 5.42. The molecule has 0 aliphatic carbocycles. The first kappa shape index (κ1) is 12.4. The van der Waals surface area contributed by atoms with Gasteiger partial charge in [-0.2, -0.15) is 0 Å². The number of benzene rings is 1. The van der Waals surface area contributed by atoms with Crippen molar-refractivity contribution in [3.8, 4) is 5.75 Å². The minimum absolute atomic E-state index is 0.523. The van der Waals surface area contributed by atoms with Crippen molar-refractivity contribution in [1.29, 1.82) is 0 Å². The highest BCUT2D eigenvalue weighted by atomic mass is 16.5. The quantitative estimate of drug-likeness (QED) is 0.846. The van der Waals surface area contributed by atoms with E-state index in [1.165, 1.54) is 28.7 Å². The molecule has 1 N–H and O–H groups in total. The molecule has 1 heterocycles. The summed E-state index contributed by atoms with van der Waals surface area (Å²) in [7, 11) is 1.75. The Balaban J connectivity index is 2.44. The molecular formula is C15H23NO. The number of nitrogens with one attached hydrogen (secondary N) is 1. The Kier molecular flexibility index (Phi) is 3.43. The maximum Gasteiger partial charge on any atom is 0.122 e. The van der Waals surface area contributed by atoms with Crippen LogP contribution in [0.3, 0.4) is 0 Å². The first-order valence-electron chi connectivity index (χ1n) is 6.42. The molecule has 1 fully saturated rings. The molecule has 2 nitrogen and oxygen atoms in total. The number of ether oxygens (including phenoxy) is 1. The van der Waals surface area contributed by atoms with Crippen molar-refractivity contribution >= 4 is 0 Å². The van der Waals surface area contributed by atoms with Crippen molar-refractivity contribution in [3.63, 3.8) is 0 Å². The van der Waals surface area contributed by atoms with E-state index in [1.807, 2.05) is 0 Å². The summed E-state index contributed by atoms with van der Waals surface area (Å²) in [5, 5.41) is 3.63. The fourth-order valence-electron chi connectivity index (χ4n) is 2.95. The van der Waals surface area contributed by atoms with Gasteiger partial charge in [0.25, 0.3) is 0 Å². The topological polar surface area (TPSA) is 21.3 Å². The SMILES string of the molecule is COc1cc(C)c([C@H]2C[C@H](C)CN2)c(C)c1C. The smallest absolute Gasteiger partial charge is 0.122 e. The fraction of sp³-hybridized carbons (Fsp3) is 0.600. The Labute approximate surface area is 104 Å². The summed E-state index contributed by atoms with van der Waals surface area (Å²) in [6, 6.07) is 2.69. The molecule has 0 saturated carbocycles. The lowest BCUT2D eigenvalue weighted by molar-refractivity contribution is 0.410. The molecular weight excluding hydrogens is 210 g/mol. The first-order chi connectivity index (χ1) is 8.04. The molecule has 2 rings (SSSR count). The van der Waals surface area contributed by atoms with Crippen LogP contribution < -0.4 is 10.1 Å². The van der Waals surface area contributed by atoms with Gasteiger partial charge in [-0.05, 0) is 68.0 Å². The van der Waals surface area contributed by atoms with Gasteiger partial charge in [-0.3, -0.25) is 0 Å². The highest BCUT2D eigenvalue weighted by molar-refractivity contribution is 5.49. The molecule has 94 valence electrons. The summed E-state index contributed by atoms with van der Waals surface area (Å²) >= 11 is 0. The second-order valence-electron chi connectivity index (χ2n) is 5.36. The van der Waals surface area contributed by atoms with Crippen molar-refractivity contribution < 1.29 is 4.74 Å². The predicted octanol–water partition coefficient (Wildman–Crippen LogP) is 3.29. The summed E-state index contributed by atoms with van der Waals surface area (Å²) in [6.07, 6.45) is 1.24. The van der Waals surface area contributed by atoms with Crippen LogP contribution in [0.2, 0.25) is 0 Å². The number of methoxy groups -OCH3 is 1.